The summed E-state index contributed by atoms with van der Waals surface area (Å²) in [6, 6.07) is 43.4. The molecule has 1 nitrogen and oxygen atoms in total. The predicted octanol–water partition coefficient (Wildman–Crippen LogP) is 7.86. The van der Waals surface area contributed by atoms with Gasteiger partial charge in [-0.2, -0.15) is 0 Å². The van der Waals surface area contributed by atoms with E-state index in [1.54, 1.807) is 0 Å². The summed E-state index contributed by atoms with van der Waals surface area (Å²) in [6.45, 7) is 6.20. The molecule has 0 saturated carbocycles. The van der Waals surface area contributed by atoms with Crippen LogP contribution in [0.15, 0.2) is 145 Å². The first-order chi connectivity index (χ1) is 18.6. The largest absolute Gasteiger partial charge is 0.295 e. The molecule has 38 heavy (non-hydrogen) atoms. The lowest BCUT2D eigenvalue weighted by atomic mass is 9.99. The summed E-state index contributed by atoms with van der Waals surface area (Å²) in [6.07, 6.45) is 7.23. The summed E-state index contributed by atoms with van der Waals surface area (Å²) >= 11 is 0. The Labute approximate surface area is 229 Å². The maximum atomic E-state index is 12.8. The summed E-state index contributed by atoms with van der Waals surface area (Å²) < 4.78 is 0. The van der Waals surface area contributed by atoms with Crippen LogP contribution in [0.4, 0.5) is 0 Å². The number of rotatable bonds is 13. The number of carbonyl (C=O) groups excluding carboxylic acids is 1. The molecule has 4 aromatic rings. The van der Waals surface area contributed by atoms with Crippen LogP contribution in [-0.4, -0.2) is 11.9 Å². The SMILES string of the molecule is C=C(C)/C(=C\C(=O)CCc1ccccc1)CCCC[P+](c1ccccc1)(c1ccccc1)c1ccccc1. The van der Waals surface area contributed by atoms with E-state index in [0.717, 1.165) is 43.0 Å². The van der Waals surface area contributed by atoms with Gasteiger partial charge < -0.3 is 0 Å². The van der Waals surface area contributed by atoms with Gasteiger partial charge in [-0.05, 0) is 86.2 Å². The van der Waals surface area contributed by atoms with Crippen molar-refractivity contribution in [2.75, 3.05) is 6.16 Å². The molecule has 0 spiro atoms. The Hall–Kier alpha value is -3.54. The average molecular weight is 518 g/mol. The van der Waals surface area contributed by atoms with Crippen molar-refractivity contribution in [3.63, 3.8) is 0 Å². The van der Waals surface area contributed by atoms with Crippen LogP contribution in [0.5, 0.6) is 0 Å². The van der Waals surface area contributed by atoms with Gasteiger partial charge in [0.2, 0.25) is 0 Å². The van der Waals surface area contributed by atoms with Crippen LogP contribution in [0.25, 0.3) is 0 Å². The number of hydrogen-bond donors (Lipinski definition) is 0. The molecule has 0 atom stereocenters. The molecule has 0 N–H and O–H groups in total. The second kappa shape index (κ2) is 13.8. The molecule has 0 aliphatic carbocycles. The zero-order valence-corrected chi connectivity index (χ0v) is 23.3. The highest BCUT2D eigenvalue weighted by Gasteiger charge is 2.44. The molecule has 4 rings (SSSR count). The fourth-order valence-electron chi connectivity index (χ4n) is 5.13. The van der Waals surface area contributed by atoms with E-state index in [9.17, 15) is 4.79 Å². The second-order valence-electron chi connectivity index (χ2n) is 9.90. The summed E-state index contributed by atoms with van der Waals surface area (Å²) in [5, 5.41) is 4.26. The molecule has 0 unspecified atom stereocenters. The third kappa shape index (κ3) is 7.06. The zero-order chi connectivity index (χ0) is 26.6. The topological polar surface area (TPSA) is 17.1 Å². The van der Waals surface area contributed by atoms with E-state index in [2.05, 4.69) is 110 Å². The standard InChI is InChI=1S/C36H38OP/c1-30(2)32(29-33(37)27-26-31-17-7-3-8-18-31)19-15-16-28-38(34-20-9-4-10-21-34,35-22-11-5-12-23-35)36-24-13-6-14-25-36/h3-14,17-18,20-25,29H,1,15-16,19,26-28H2,2H3/q+1/b32-29-. The van der Waals surface area contributed by atoms with Gasteiger partial charge in [0.1, 0.15) is 23.2 Å². The highest BCUT2D eigenvalue weighted by atomic mass is 31.2. The minimum absolute atomic E-state index is 0.187. The lowest BCUT2D eigenvalue weighted by molar-refractivity contribution is -0.114. The Morgan fingerprint density at radius 2 is 1.11 bits per heavy atom. The van der Waals surface area contributed by atoms with Gasteiger partial charge in [-0.15, -0.1) is 0 Å². The fraction of sp³-hybridized carbons (Fsp3) is 0.194. The molecule has 4 aromatic carbocycles. The average Bonchev–Trinajstić information content (AvgIpc) is 2.97. The minimum atomic E-state index is -1.82. The maximum Gasteiger partial charge on any atom is 0.156 e. The van der Waals surface area contributed by atoms with Crippen molar-refractivity contribution in [2.45, 2.75) is 39.0 Å². The molecule has 0 saturated heterocycles. The van der Waals surface area contributed by atoms with Crippen LogP contribution in [0.1, 0.15) is 38.2 Å². The smallest absolute Gasteiger partial charge is 0.156 e. The lowest BCUT2D eigenvalue weighted by Gasteiger charge is -2.27. The van der Waals surface area contributed by atoms with Gasteiger partial charge in [0.25, 0.3) is 0 Å². The summed E-state index contributed by atoms with van der Waals surface area (Å²) in [5.41, 5.74) is 3.29. The molecule has 0 heterocycles. The molecule has 0 amide bonds. The van der Waals surface area contributed by atoms with Crippen LogP contribution >= 0.6 is 7.26 Å². The van der Waals surface area contributed by atoms with E-state index in [1.807, 2.05) is 31.2 Å². The first kappa shape index (κ1) is 27.5. The Bertz CT molecular complexity index is 1230. The summed E-state index contributed by atoms with van der Waals surface area (Å²) in [5.74, 6) is 0.187. The summed E-state index contributed by atoms with van der Waals surface area (Å²) in [7, 11) is -1.82. The van der Waals surface area contributed by atoms with E-state index in [4.69, 9.17) is 0 Å². The Morgan fingerprint density at radius 3 is 1.55 bits per heavy atom. The van der Waals surface area contributed by atoms with E-state index in [-0.39, 0.29) is 5.78 Å². The van der Waals surface area contributed by atoms with Crippen molar-refractivity contribution in [3.05, 3.63) is 151 Å². The van der Waals surface area contributed by atoms with Gasteiger partial charge in [-0.1, -0.05) is 97.1 Å². The van der Waals surface area contributed by atoms with E-state index < -0.39 is 7.26 Å². The fourth-order valence-corrected chi connectivity index (χ4v) is 9.54. The molecule has 0 aliphatic rings. The quantitative estimate of drug-likeness (QED) is 0.0764. The summed E-state index contributed by atoms with van der Waals surface area (Å²) in [4.78, 5) is 12.8. The van der Waals surface area contributed by atoms with Crippen molar-refractivity contribution in [1.29, 1.82) is 0 Å². The number of aryl methyl sites for hydroxylation is 1. The molecule has 0 fully saturated rings. The molecule has 0 radical (unpaired) electrons. The highest BCUT2D eigenvalue weighted by Crippen LogP contribution is 2.56. The van der Waals surface area contributed by atoms with Crippen molar-refractivity contribution in [1.82, 2.24) is 0 Å². The Kier molecular flexibility index (Phi) is 10.0. The Balaban J connectivity index is 1.51. The molecular weight excluding hydrogens is 479 g/mol. The Morgan fingerprint density at radius 1 is 0.658 bits per heavy atom. The monoisotopic (exact) mass is 517 g/mol. The minimum Gasteiger partial charge on any atom is -0.295 e. The molecule has 192 valence electrons. The van der Waals surface area contributed by atoms with Crippen LogP contribution < -0.4 is 15.9 Å². The van der Waals surface area contributed by atoms with Crippen LogP contribution in [0.3, 0.4) is 0 Å². The number of unbranched alkanes of at least 4 members (excludes halogenated alkanes) is 1. The van der Waals surface area contributed by atoms with Crippen LogP contribution in [0.2, 0.25) is 0 Å². The first-order valence-electron chi connectivity index (χ1n) is 13.6. The van der Waals surface area contributed by atoms with Gasteiger partial charge in [0.15, 0.2) is 5.78 Å². The normalized spacial score (nSPS) is 11.8. The molecule has 0 bridgehead atoms. The number of hydrogen-bond acceptors (Lipinski definition) is 1. The number of ketones is 1. The van der Waals surface area contributed by atoms with Crippen molar-refractivity contribution >= 4 is 29.0 Å². The van der Waals surface area contributed by atoms with E-state index in [0.29, 0.717) is 6.42 Å². The van der Waals surface area contributed by atoms with Gasteiger partial charge in [-0.25, -0.2) is 0 Å². The van der Waals surface area contributed by atoms with Crippen molar-refractivity contribution in [2.24, 2.45) is 0 Å². The van der Waals surface area contributed by atoms with E-state index in [1.165, 1.54) is 21.5 Å². The van der Waals surface area contributed by atoms with Gasteiger partial charge in [-0.3, -0.25) is 4.79 Å². The van der Waals surface area contributed by atoms with E-state index >= 15 is 0 Å². The van der Waals surface area contributed by atoms with Crippen LogP contribution in [-0.2, 0) is 11.2 Å². The predicted molar refractivity (Wildman–Crippen MR) is 167 cm³/mol. The number of benzene rings is 4. The first-order valence-corrected chi connectivity index (χ1v) is 15.5. The molecule has 2 heteroatoms. The number of allylic oxidation sites excluding steroid dienone is 3. The van der Waals surface area contributed by atoms with Crippen molar-refractivity contribution in [3.8, 4) is 0 Å². The molecule has 0 aromatic heterocycles. The second-order valence-corrected chi connectivity index (χ2v) is 13.5. The van der Waals surface area contributed by atoms with Gasteiger partial charge >= 0.3 is 0 Å². The molecule has 0 aliphatic heterocycles. The zero-order valence-electron chi connectivity index (χ0n) is 22.4. The highest BCUT2D eigenvalue weighted by molar-refractivity contribution is 7.95. The molecular formula is C36H38OP+. The lowest BCUT2D eigenvalue weighted by Crippen LogP contribution is -2.33. The number of carbonyl (C=O) groups is 1. The third-order valence-corrected chi connectivity index (χ3v) is 11.7. The van der Waals surface area contributed by atoms with Crippen molar-refractivity contribution < 1.29 is 4.79 Å². The van der Waals surface area contributed by atoms with Gasteiger partial charge in [0.05, 0.1) is 6.16 Å². The third-order valence-electron chi connectivity index (χ3n) is 7.17. The van der Waals surface area contributed by atoms with Gasteiger partial charge in [0, 0.05) is 6.42 Å². The van der Waals surface area contributed by atoms with Crippen LogP contribution in [0, 0.1) is 0 Å². The maximum absolute atomic E-state index is 12.8.